The lowest BCUT2D eigenvalue weighted by atomic mass is 10.0. The molecule has 8 heteroatoms. The molecule has 0 bridgehead atoms. The Morgan fingerprint density at radius 1 is 1.42 bits per heavy atom. The van der Waals surface area contributed by atoms with Crippen molar-refractivity contribution in [3.63, 3.8) is 0 Å². The van der Waals surface area contributed by atoms with Crippen LogP contribution in [-0.4, -0.2) is 23.7 Å². The number of rotatable bonds is 3. The molecular weight excluding hydrogens is 267 g/mol. The molecule has 1 heterocycles. The highest BCUT2D eigenvalue weighted by Gasteiger charge is 2.41. The van der Waals surface area contributed by atoms with Gasteiger partial charge in [-0.3, -0.25) is 10.1 Å². The molecule has 0 N–H and O–H groups in total. The number of halogens is 3. The second-order valence-electron chi connectivity index (χ2n) is 4.48. The lowest BCUT2D eigenvalue weighted by molar-refractivity contribution is -0.385. The number of nitro groups is 1. The lowest BCUT2D eigenvalue weighted by Crippen LogP contribution is -2.51. The first-order valence-corrected chi connectivity index (χ1v) is 5.34. The normalized spacial score (nSPS) is 17.7. The Morgan fingerprint density at radius 3 is 2.47 bits per heavy atom. The summed E-state index contributed by atoms with van der Waals surface area (Å²) in [7, 11) is 0. The van der Waals surface area contributed by atoms with Crippen LogP contribution in [0.25, 0.3) is 0 Å². The molecule has 0 aromatic heterocycles. The van der Waals surface area contributed by atoms with Gasteiger partial charge >= 0.3 is 6.18 Å². The number of nitrogens with zero attached hydrogens (tertiary/aromatic N) is 1. The summed E-state index contributed by atoms with van der Waals surface area (Å²) >= 11 is 0. The summed E-state index contributed by atoms with van der Waals surface area (Å²) in [4.78, 5) is 9.64. The molecule has 0 atom stereocenters. The Bertz CT molecular complexity index is 511. The van der Waals surface area contributed by atoms with Crippen LogP contribution in [0.1, 0.15) is 12.5 Å². The second kappa shape index (κ2) is 4.37. The van der Waals surface area contributed by atoms with Crippen molar-refractivity contribution in [2.45, 2.75) is 18.7 Å². The van der Waals surface area contributed by atoms with Crippen LogP contribution >= 0.6 is 0 Å². The van der Waals surface area contributed by atoms with E-state index in [1.165, 1.54) is 0 Å². The van der Waals surface area contributed by atoms with E-state index in [0.717, 1.165) is 12.1 Å². The van der Waals surface area contributed by atoms with Crippen molar-refractivity contribution in [1.29, 1.82) is 0 Å². The van der Waals surface area contributed by atoms with Gasteiger partial charge in [0.1, 0.15) is 11.3 Å². The minimum absolute atomic E-state index is 0.182. The average molecular weight is 277 g/mol. The van der Waals surface area contributed by atoms with Crippen molar-refractivity contribution in [2.24, 2.45) is 0 Å². The molecule has 104 valence electrons. The molecule has 0 spiro atoms. The van der Waals surface area contributed by atoms with Crippen molar-refractivity contribution in [2.75, 3.05) is 13.2 Å². The Labute approximate surface area is 106 Å². The molecule has 1 aliphatic heterocycles. The van der Waals surface area contributed by atoms with Gasteiger partial charge in [-0.25, -0.2) is 0 Å². The van der Waals surface area contributed by atoms with Gasteiger partial charge in [0.2, 0.25) is 0 Å². The molecule has 1 aromatic carbocycles. The van der Waals surface area contributed by atoms with Crippen molar-refractivity contribution < 1.29 is 27.6 Å². The molecule has 0 unspecified atom stereocenters. The van der Waals surface area contributed by atoms with Gasteiger partial charge in [0.15, 0.2) is 5.60 Å². The Morgan fingerprint density at radius 2 is 2.05 bits per heavy atom. The number of benzene rings is 1. The Hall–Kier alpha value is -1.83. The van der Waals surface area contributed by atoms with Crippen LogP contribution in [0.5, 0.6) is 5.75 Å². The van der Waals surface area contributed by atoms with Gasteiger partial charge in [-0.15, -0.1) is 0 Å². The van der Waals surface area contributed by atoms with Gasteiger partial charge in [0, 0.05) is 12.1 Å². The van der Waals surface area contributed by atoms with E-state index in [1.54, 1.807) is 6.92 Å². The van der Waals surface area contributed by atoms with Gasteiger partial charge in [0.05, 0.1) is 18.1 Å². The third kappa shape index (κ3) is 2.78. The SMILES string of the molecule is CC1(Oc2ccc([N+](=O)[O-])cc2C(F)(F)F)COC1. The summed E-state index contributed by atoms with van der Waals surface area (Å²) in [6, 6.07) is 2.41. The third-order valence-corrected chi connectivity index (χ3v) is 2.65. The van der Waals surface area contributed by atoms with Gasteiger partial charge < -0.3 is 9.47 Å². The molecule has 1 saturated heterocycles. The summed E-state index contributed by atoms with van der Waals surface area (Å²) in [5.41, 5.74) is -2.61. The van der Waals surface area contributed by atoms with Crippen LogP contribution in [-0.2, 0) is 10.9 Å². The van der Waals surface area contributed by atoms with E-state index in [2.05, 4.69) is 0 Å². The van der Waals surface area contributed by atoms with Crippen molar-refractivity contribution in [3.05, 3.63) is 33.9 Å². The largest absolute Gasteiger partial charge is 0.482 e. The molecule has 0 saturated carbocycles. The number of nitro benzene ring substituents is 1. The quantitative estimate of drug-likeness (QED) is 0.629. The number of non-ortho nitro benzene ring substituents is 1. The van der Waals surface area contributed by atoms with E-state index >= 15 is 0 Å². The Balaban J connectivity index is 2.39. The fourth-order valence-electron chi connectivity index (χ4n) is 1.66. The molecule has 0 radical (unpaired) electrons. The van der Waals surface area contributed by atoms with Crippen LogP contribution < -0.4 is 4.74 Å². The molecule has 2 rings (SSSR count). The predicted octanol–water partition coefficient (Wildman–Crippen LogP) is 2.78. The Kier molecular flexibility index (Phi) is 3.13. The topological polar surface area (TPSA) is 61.6 Å². The van der Waals surface area contributed by atoms with Crippen LogP contribution in [0.4, 0.5) is 18.9 Å². The minimum Gasteiger partial charge on any atom is -0.482 e. The second-order valence-corrected chi connectivity index (χ2v) is 4.48. The van der Waals surface area contributed by atoms with Crippen LogP contribution in [0.15, 0.2) is 18.2 Å². The molecule has 1 aliphatic rings. The predicted molar refractivity (Wildman–Crippen MR) is 58.0 cm³/mol. The maximum Gasteiger partial charge on any atom is 0.420 e. The highest BCUT2D eigenvalue weighted by molar-refractivity contribution is 5.45. The molecule has 1 aromatic rings. The number of hydrogen-bond donors (Lipinski definition) is 0. The smallest absolute Gasteiger partial charge is 0.420 e. The van der Waals surface area contributed by atoms with E-state index in [1.807, 2.05) is 0 Å². The van der Waals surface area contributed by atoms with Crippen molar-refractivity contribution in [3.8, 4) is 5.75 Å². The van der Waals surface area contributed by atoms with Gasteiger partial charge in [-0.05, 0) is 13.0 Å². The molecule has 5 nitrogen and oxygen atoms in total. The molecular formula is C11H10F3NO4. The fourth-order valence-corrected chi connectivity index (χ4v) is 1.66. The summed E-state index contributed by atoms with van der Waals surface area (Å²) in [5.74, 6) is -0.427. The first kappa shape index (κ1) is 13.6. The first-order valence-electron chi connectivity index (χ1n) is 5.34. The summed E-state index contributed by atoms with van der Waals surface area (Å²) in [5, 5.41) is 10.5. The van der Waals surface area contributed by atoms with E-state index < -0.39 is 33.7 Å². The number of ether oxygens (including phenoxy) is 2. The van der Waals surface area contributed by atoms with Crippen molar-refractivity contribution >= 4 is 5.69 Å². The lowest BCUT2D eigenvalue weighted by Gasteiger charge is -2.38. The monoisotopic (exact) mass is 277 g/mol. The first-order chi connectivity index (χ1) is 8.71. The van der Waals surface area contributed by atoms with E-state index in [9.17, 15) is 23.3 Å². The summed E-state index contributed by atoms with van der Waals surface area (Å²) in [6.45, 7) is 1.97. The van der Waals surface area contributed by atoms with Gasteiger partial charge in [0.25, 0.3) is 5.69 Å². The zero-order chi connectivity index (χ0) is 14.3. The minimum atomic E-state index is -4.72. The van der Waals surface area contributed by atoms with Crippen molar-refractivity contribution in [1.82, 2.24) is 0 Å². The maximum atomic E-state index is 12.9. The van der Waals surface area contributed by atoms with E-state index in [0.29, 0.717) is 6.07 Å². The highest BCUT2D eigenvalue weighted by Crippen LogP contribution is 2.40. The molecule has 1 fully saturated rings. The standard InChI is InChI=1S/C11H10F3NO4/c1-10(5-18-6-10)19-9-3-2-7(15(16)17)4-8(9)11(12,13)14/h2-4H,5-6H2,1H3. The van der Waals surface area contributed by atoms with E-state index in [-0.39, 0.29) is 13.2 Å². The summed E-state index contributed by atoms with van der Waals surface area (Å²) < 4.78 is 48.7. The van der Waals surface area contributed by atoms with Crippen LogP contribution in [0.2, 0.25) is 0 Å². The summed E-state index contributed by atoms with van der Waals surface area (Å²) in [6.07, 6.45) is -4.72. The van der Waals surface area contributed by atoms with Gasteiger partial charge in [-0.1, -0.05) is 0 Å². The number of alkyl halides is 3. The number of hydrogen-bond acceptors (Lipinski definition) is 4. The molecule has 0 aliphatic carbocycles. The van der Waals surface area contributed by atoms with Crippen LogP contribution in [0.3, 0.4) is 0 Å². The fraction of sp³-hybridized carbons (Fsp3) is 0.455. The maximum absolute atomic E-state index is 12.9. The van der Waals surface area contributed by atoms with Gasteiger partial charge in [-0.2, -0.15) is 13.2 Å². The average Bonchev–Trinajstić information content (AvgIpc) is 2.25. The molecule has 19 heavy (non-hydrogen) atoms. The third-order valence-electron chi connectivity index (χ3n) is 2.65. The zero-order valence-corrected chi connectivity index (χ0v) is 9.86. The molecule has 0 amide bonds. The van der Waals surface area contributed by atoms with Crippen LogP contribution in [0, 0.1) is 10.1 Å². The zero-order valence-electron chi connectivity index (χ0n) is 9.86. The highest BCUT2D eigenvalue weighted by atomic mass is 19.4. The van der Waals surface area contributed by atoms with E-state index in [4.69, 9.17) is 9.47 Å².